The van der Waals surface area contributed by atoms with Crippen molar-refractivity contribution in [1.29, 1.82) is 0 Å². The first-order chi connectivity index (χ1) is 14.0. The highest BCUT2D eigenvalue weighted by molar-refractivity contribution is 5.77. The van der Waals surface area contributed by atoms with E-state index in [0.29, 0.717) is 18.5 Å². The van der Waals surface area contributed by atoms with E-state index in [1.54, 1.807) is 19.1 Å². The second kappa shape index (κ2) is 10.3. The van der Waals surface area contributed by atoms with Gasteiger partial charge >= 0.3 is 0 Å². The van der Waals surface area contributed by atoms with E-state index < -0.39 is 0 Å². The minimum atomic E-state index is 0.234. The summed E-state index contributed by atoms with van der Waals surface area (Å²) in [5.74, 6) is 2.44. The zero-order chi connectivity index (χ0) is 20.8. The molecule has 0 spiro atoms. The normalized spacial score (nSPS) is 27.3. The maximum Gasteiger partial charge on any atom is 0.275 e. The van der Waals surface area contributed by atoms with E-state index in [4.69, 9.17) is 9.47 Å². The number of aryl methyl sites for hydroxylation is 1. The minimum Gasteiger partial charge on any atom is -0.493 e. The molecule has 1 heterocycles. The quantitative estimate of drug-likeness (QED) is 0.598. The van der Waals surface area contributed by atoms with E-state index in [1.165, 1.54) is 35.3 Å². The van der Waals surface area contributed by atoms with Crippen molar-refractivity contribution in [3.63, 3.8) is 0 Å². The van der Waals surface area contributed by atoms with E-state index in [2.05, 4.69) is 31.3 Å². The topological polar surface area (TPSA) is 56.4 Å². The molecule has 1 aromatic carbocycles. The molecule has 1 aliphatic heterocycles. The number of amides is 1. The van der Waals surface area contributed by atoms with Crippen molar-refractivity contribution >= 4 is 5.91 Å². The molecule has 1 aromatic rings. The van der Waals surface area contributed by atoms with Crippen LogP contribution in [0, 0.1) is 12.8 Å². The molecule has 1 saturated heterocycles. The number of carbonyl (C=O) groups excluding carboxylic acids is 1. The number of rotatable bonds is 7. The van der Waals surface area contributed by atoms with Crippen LogP contribution in [-0.4, -0.2) is 58.9 Å². The Hall–Kier alpha value is -1.79. The van der Waals surface area contributed by atoms with Gasteiger partial charge in [0.15, 0.2) is 18.0 Å². The van der Waals surface area contributed by atoms with Crippen LogP contribution in [0.3, 0.4) is 0 Å². The van der Waals surface area contributed by atoms with Gasteiger partial charge in [-0.1, -0.05) is 19.8 Å². The lowest BCUT2D eigenvalue weighted by molar-refractivity contribution is -1.02. The van der Waals surface area contributed by atoms with Gasteiger partial charge in [0.1, 0.15) is 32.7 Å². The molecular weight excluding hydrogens is 366 g/mol. The average Bonchev–Trinajstić information content (AvgIpc) is 2.72. The van der Waals surface area contributed by atoms with Gasteiger partial charge in [0, 0.05) is 11.6 Å². The summed E-state index contributed by atoms with van der Waals surface area (Å²) in [6.07, 6.45) is 4.95. The molecular formula is C23H39N3O3+2. The Morgan fingerprint density at radius 1 is 1.03 bits per heavy atom. The molecule has 1 amide bonds. The first-order valence-electron chi connectivity index (χ1n) is 11.2. The molecule has 29 heavy (non-hydrogen) atoms. The monoisotopic (exact) mass is 405 g/mol. The molecule has 0 bridgehead atoms. The van der Waals surface area contributed by atoms with Crippen LogP contribution < -0.4 is 24.6 Å². The van der Waals surface area contributed by atoms with Crippen LogP contribution in [0.4, 0.5) is 0 Å². The lowest BCUT2D eigenvalue weighted by Crippen LogP contribution is -3.28. The molecule has 2 atom stereocenters. The summed E-state index contributed by atoms with van der Waals surface area (Å²) < 4.78 is 10.9. The fourth-order valence-electron chi connectivity index (χ4n) is 4.81. The van der Waals surface area contributed by atoms with E-state index >= 15 is 0 Å². The summed E-state index contributed by atoms with van der Waals surface area (Å²) in [5, 5.41) is 3.31. The third-order valence-electron chi connectivity index (χ3n) is 6.82. The number of methoxy groups -OCH3 is 2. The van der Waals surface area contributed by atoms with Crippen LogP contribution in [-0.2, 0) is 11.3 Å². The van der Waals surface area contributed by atoms with Crippen LogP contribution in [0.15, 0.2) is 12.1 Å². The Balaban J connectivity index is 1.46. The summed E-state index contributed by atoms with van der Waals surface area (Å²) >= 11 is 0. The number of quaternary nitrogens is 2. The molecule has 2 fully saturated rings. The number of hydrogen-bond donors (Lipinski definition) is 3. The summed E-state index contributed by atoms with van der Waals surface area (Å²) in [4.78, 5) is 15.5. The molecule has 0 unspecified atom stereocenters. The van der Waals surface area contributed by atoms with Crippen LogP contribution in [0.5, 0.6) is 11.5 Å². The average molecular weight is 406 g/mol. The third kappa shape index (κ3) is 5.86. The van der Waals surface area contributed by atoms with Gasteiger partial charge in [0.05, 0.1) is 14.2 Å². The van der Waals surface area contributed by atoms with Gasteiger partial charge in [-0.2, -0.15) is 0 Å². The standard InChI is InChI=1S/C23H37N3O3/c1-17-7-5-6-8-20(17)24-23(27)16-26-11-9-25(10-12-26)15-19-14-22(29-4)21(28-3)13-18(19)2/h13-14,17,20H,5-12,15-16H2,1-4H3,(H,24,27)/p+2/t17-,20-/m0/s1. The second-order valence-corrected chi connectivity index (χ2v) is 8.92. The lowest BCUT2D eigenvalue weighted by atomic mass is 9.86. The smallest absolute Gasteiger partial charge is 0.275 e. The Labute approximate surface area is 175 Å². The SMILES string of the molecule is COc1cc(C)c(C[NH+]2CC[NH+](CC(=O)N[C@H]3CCCC[C@@H]3C)CC2)cc1OC. The Morgan fingerprint density at radius 3 is 2.31 bits per heavy atom. The molecule has 3 rings (SSSR count). The van der Waals surface area contributed by atoms with Crippen molar-refractivity contribution in [2.45, 2.75) is 52.1 Å². The van der Waals surface area contributed by atoms with E-state index in [1.807, 2.05) is 0 Å². The summed E-state index contributed by atoms with van der Waals surface area (Å²) in [7, 11) is 3.36. The molecule has 162 valence electrons. The summed E-state index contributed by atoms with van der Waals surface area (Å²) in [5.41, 5.74) is 2.55. The highest BCUT2D eigenvalue weighted by atomic mass is 16.5. The predicted molar refractivity (Wildman–Crippen MR) is 114 cm³/mol. The fourth-order valence-corrected chi connectivity index (χ4v) is 4.81. The molecule has 1 aliphatic carbocycles. The van der Waals surface area contributed by atoms with Crippen molar-refractivity contribution in [3.05, 3.63) is 23.3 Å². The molecule has 0 radical (unpaired) electrons. The van der Waals surface area contributed by atoms with Gasteiger partial charge < -0.3 is 24.6 Å². The molecule has 1 saturated carbocycles. The van der Waals surface area contributed by atoms with Gasteiger partial charge in [0.25, 0.3) is 5.91 Å². The van der Waals surface area contributed by atoms with Crippen molar-refractivity contribution in [2.75, 3.05) is 46.9 Å². The Morgan fingerprint density at radius 2 is 1.66 bits per heavy atom. The second-order valence-electron chi connectivity index (χ2n) is 8.92. The minimum absolute atomic E-state index is 0.234. The molecule has 2 aliphatic rings. The highest BCUT2D eigenvalue weighted by Crippen LogP contribution is 2.29. The van der Waals surface area contributed by atoms with Crippen molar-refractivity contribution < 1.29 is 24.1 Å². The van der Waals surface area contributed by atoms with Gasteiger partial charge in [-0.3, -0.25) is 4.79 Å². The summed E-state index contributed by atoms with van der Waals surface area (Å²) in [6, 6.07) is 4.56. The number of hydrogen-bond acceptors (Lipinski definition) is 3. The van der Waals surface area contributed by atoms with Gasteiger partial charge in [-0.05, 0) is 43.4 Å². The molecule has 0 aromatic heterocycles. The molecule has 6 nitrogen and oxygen atoms in total. The first-order valence-corrected chi connectivity index (χ1v) is 11.2. The summed E-state index contributed by atoms with van der Waals surface area (Å²) in [6.45, 7) is 10.3. The van der Waals surface area contributed by atoms with Crippen LogP contribution in [0.2, 0.25) is 0 Å². The van der Waals surface area contributed by atoms with E-state index in [9.17, 15) is 4.79 Å². The van der Waals surface area contributed by atoms with Crippen molar-refractivity contribution in [1.82, 2.24) is 5.32 Å². The Kier molecular flexibility index (Phi) is 7.78. The van der Waals surface area contributed by atoms with Crippen molar-refractivity contribution in [2.24, 2.45) is 5.92 Å². The van der Waals surface area contributed by atoms with Crippen LogP contribution in [0.25, 0.3) is 0 Å². The van der Waals surface area contributed by atoms with Crippen molar-refractivity contribution in [3.8, 4) is 11.5 Å². The predicted octanol–water partition coefficient (Wildman–Crippen LogP) is -0.00948. The maximum absolute atomic E-state index is 12.5. The zero-order valence-corrected chi connectivity index (χ0v) is 18.6. The number of benzene rings is 1. The number of carbonyl (C=O) groups is 1. The highest BCUT2D eigenvalue weighted by Gasteiger charge is 2.28. The maximum atomic E-state index is 12.5. The molecule has 6 heteroatoms. The third-order valence-corrected chi connectivity index (χ3v) is 6.82. The van der Waals surface area contributed by atoms with Crippen LogP contribution >= 0.6 is 0 Å². The van der Waals surface area contributed by atoms with Gasteiger partial charge in [-0.25, -0.2) is 0 Å². The Bertz CT molecular complexity index is 686. The van der Waals surface area contributed by atoms with Gasteiger partial charge in [-0.15, -0.1) is 0 Å². The number of piperazine rings is 1. The fraction of sp³-hybridized carbons (Fsp3) is 0.696. The lowest BCUT2D eigenvalue weighted by Gasteiger charge is -2.32. The first kappa shape index (κ1) is 21.9. The molecule has 3 N–H and O–H groups in total. The number of nitrogens with one attached hydrogen (secondary N) is 3. The zero-order valence-electron chi connectivity index (χ0n) is 18.6. The van der Waals surface area contributed by atoms with Crippen LogP contribution in [0.1, 0.15) is 43.7 Å². The van der Waals surface area contributed by atoms with E-state index in [-0.39, 0.29) is 5.91 Å². The number of ether oxygens (including phenoxy) is 2. The largest absolute Gasteiger partial charge is 0.493 e. The van der Waals surface area contributed by atoms with Gasteiger partial charge in [0.2, 0.25) is 0 Å². The van der Waals surface area contributed by atoms with E-state index in [0.717, 1.165) is 50.6 Å².